The quantitative estimate of drug-likeness (QED) is 0.380. The van der Waals surface area contributed by atoms with E-state index < -0.39 is 12.8 Å². The third-order valence-corrected chi connectivity index (χ3v) is 6.14. The number of ether oxygens (including phenoxy) is 1. The average molecular weight is 498 g/mol. The van der Waals surface area contributed by atoms with Crippen molar-refractivity contribution >= 4 is 22.6 Å². The number of alkyl halides is 3. The van der Waals surface area contributed by atoms with Crippen LogP contribution in [0.3, 0.4) is 0 Å². The van der Waals surface area contributed by atoms with E-state index in [1.165, 1.54) is 4.52 Å². The lowest BCUT2D eigenvalue weighted by Gasteiger charge is -2.29. The molecule has 186 valence electrons. The van der Waals surface area contributed by atoms with Crippen molar-refractivity contribution in [2.45, 2.75) is 25.7 Å². The maximum absolute atomic E-state index is 12.5. The van der Waals surface area contributed by atoms with Crippen LogP contribution in [-0.4, -0.2) is 60.1 Å². The summed E-state index contributed by atoms with van der Waals surface area (Å²) < 4.78 is 51.0. The number of fused-ring (bicyclic) bond motifs is 4. The van der Waals surface area contributed by atoms with E-state index in [1.807, 2.05) is 6.07 Å². The van der Waals surface area contributed by atoms with Crippen molar-refractivity contribution in [3.8, 4) is 17.3 Å². The zero-order valence-electron chi connectivity index (χ0n) is 18.9. The van der Waals surface area contributed by atoms with Crippen molar-refractivity contribution in [3.63, 3.8) is 0 Å². The number of nitrogen functional groups attached to an aromatic ring is 1. The summed E-state index contributed by atoms with van der Waals surface area (Å²) in [6.45, 7) is 1.34. The Morgan fingerprint density at radius 3 is 2.78 bits per heavy atom. The van der Waals surface area contributed by atoms with E-state index in [4.69, 9.17) is 14.9 Å². The Hall–Kier alpha value is -4.13. The highest BCUT2D eigenvalue weighted by atomic mass is 19.4. The van der Waals surface area contributed by atoms with Gasteiger partial charge in [0.15, 0.2) is 23.7 Å². The molecule has 0 atom stereocenters. The first-order valence-electron chi connectivity index (χ1n) is 11.3. The van der Waals surface area contributed by atoms with E-state index in [2.05, 4.69) is 25.1 Å². The summed E-state index contributed by atoms with van der Waals surface area (Å²) >= 11 is 0. The van der Waals surface area contributed by atoms with Crippen LogP contribution < -0.4 is 10.5 Å². The minimum atomic E-state index is -4.37. The fourth-order valence-electron chi connectivity index (χ4n) is 4.40. The number of nitrogens with two attached hydrogens (primary N) is 1. The van der Waals surface area contributed by atoms with Gasteiger partial charge in [-0.05, 0) is 41.8 Å². The van der Waals surface area contributed by atoms with Gasteiger partial charge in [0.25, 0.3) is 0 Å². The second kappa shape index (κ2) is 8.52. The fourth-order valence-corrected chi connectivity index (χ4v) is 4.40. The molecule has 10 nitrogen and oxygen atoms in total. The van der Waals surface area contributed by atoms with Crippen molar-refractivity contribution < 1.29 is 22.3 Å². The van der Waals surface area contributed by atoms with Gasteiger partial charge >= 0.3 is 6.18 Å². The molecule has 4 aromatic heterocycles. The molecule has 13 heteroatoms. The summed E-state index contributed by atoms with van der Waals surface area (Å²) in [5.74, 6) is 1.33. The molecule has 6 rings (SSSR count). The monoisotopic (exact) mass is 498 g/mol. The summed E-state index contributed by atoms with van der Waals surface area (Å²) in [5.41, 5.74) is 9.37. The van der Waals surface area contributed by atoms with Gasteiger partial charge in [0, 0.05) is 19.6 Å². The van der Waals surface area contributed by atoms with Gasteiger partial charge in [0.05, 0.1) is 24.4 Å². The molecule has 5 heterocycles. The molecule has 1 aliphatic heterocycles. The van der Waals surface area contributed by atoms with Crippen LogP contribution in [-0.2, 0) is 19.5 Å². The van der Waals surface area contributed by atoms with Crippen molar-refractivity contribution in [1.29, 1.82) is 0 Å². The Labute approximate surface area is 202 Å². The topological polar surface area (TPSA) is 113 Å². The molecule has 2 N–H and O–H groups in total. The third kappa shape index (κ3) is 4.21. The van der Waals surface area contributed by atoms with Gasteiger partial charge in [0.1, 0.15) is 5.75 Å². The van der Waals surface area contributed by atoms with Gasteiger partial charge in [-0.2, -0.15) is 27.8 Å². The Balaban J connectivity index is 1.19. The highest BCUT2D eigenvalue weighted by Gasteiger charge is 2.28. The van der Waals surface area contributed by atoms with Crippen LogP contribution in [0.5, 0.6) is 5.75 Å². The van der Waals surface area contributed by atoms with Crippen molar-refractivity contribution in [2.75, 3.05) is 25.4 Å². The molecule has 1 aliphatic rings. The van der Waals surface area contributed by atoms with Gasteiger partial charge in [-0.1, -0.05) is 6.07 Å². The van der Waals surface area contributed by atoms with E-state index in [1.54, 1.807) is 41.4 Å². The van der Waals surface area contributed by atoms with E-state index >= 15 is 0 Å². The largest absolute Gasteiger partial charge is 0.484 e. The van der Waals surface area contributed by atoms with Crippen molar-refractivity contribution in [3.05, 3.63) is 53.9 Å². The minimum absolute atomic E-state index is 0.183. The predicted octanol–water partition coefficient (Wildman–Crippen LogP) is 3.32. The molecular formula is C23H21F3N8O2. The Kier molecular flexibility index (Phi) is 5.29. The van der Waals surface area contributed by atoms with Gasteiger partial charge < -0.3 is 14.9 Å². The number of hydrogen-bond acceptors (Lipinski definition) is 8. The number of rotatable bonds is 6. The highest BCUT2D eigenvalue weighted by Crippen LogP contribution is 2.26. The van der Waals surface area contributed by atoms with Crippen molar-refractivity contribution in [1.82, 2.24) is 34.3 Å². The van der Waals surface area contributed by atoms with Crippen LogP contribution >= 0.6 is 0 Å². The Morgan fingerprint density at radius 1 is 1.08 bits per heavy atom. The normalized spacial score (nSPS) is 14.5. The number of anilines is 1. The minimum Gasteiger partial charge on any atom is -0.484 e. The van der Waals surface area contributed by atoms with E-state index in [0.717, 1.165) is 24.1 Å². The van der Waals surface area contributed by atoms with Crippen LogP contribution in [0.15, 0.2) is 47.2 Å². The van der Waals surface area contributed by atoms with Crippen LogP contribution in [0, 0.1) is 0 Å². The molecule has 0 fully saturated rings. The molecule has 1 aromatic carbocycles. The molecule has 0 saturated heterocycles. The molecule has 0 spiro atoms. The van der Waals surface area contributed by atoms with Crippen LogP contribution in [0.1, 0.15) is 11.1 Å². The lowest BCUT2D eigenvalue weighted by atomic mass is 9.99. The van der Waals surface area contributed by atoms with Gasteiger partial charge in [-0.3, -0.25) is 4.90 Å². The van der Waals surface area contributed by atoms with Crippen LogP contribution in [0.4, 0.5) is 19.1 Å². The predicted molar refractivity (Wildman–Crippen MR) is 123 cm³/mol. The summed E-state index contributed by atoms with van der Waals surface area (Å²) in [5, 5.41) is 9.60. The Bertz CT molecular complexity index is 1540. The SMILES string of the molecule is Nc1nc2c(cnn2CCN2CCc3ccc(OCC(F)(F)F)cc3C2)c2nc(-c3ccco3)nn12. The van der Waals surface area contributed by atoms with Crippen LogP contribution in [0.25, 0.3) is 28.3 Å². The highest BCUT2D eigenvalue weighted by molar-refractivity contribution is 5.90. The number of aromatic nitrogens is 6. The van der Waals surface area contributed by atoms with Gasteiger partial charge in [-0.25, -0.2) is 9.67 Å². The van der Waals surface area contributed by atoms with E-state index in [-0.39, 0.29) is 11.7 Å². The first-order chi connectivity index (χ1) is 17.3. The summed E-state index contributed by atoms with van der Waals surface area (Å²) in [6, 6.07) is 8.64. The summed E-state index contributed by atoms with van der Waals surface area (Å²) in [4.78, 5) is 11.3. The maximum Gasteiger partial charge on any atom is 0.422 e. The molecule has 0 bridgehead atoms. The Morgan fingerprint density at radius 2 is 1.97 bits per heavy atom. The second-order valence-corrected chi connectivity index (χ2v) is 8.58. The first kappa shape index (κ1) is 22.3. The van der Waals surface area contributed by atoms with E-state index in [0.29, 0.717) is 47.9 Å². The smallest absolute Gasteiger partial charge is 0.422 e. The molecule has 0 unspecified atom stereocenters. The lowest BCUT2D eigenvalue weighted by molar-refractivity contribution is -0.153. The molecular weight excluding hydrogens is 477 g/mol. The van der Waals surface area contributed by atoms with Gasteiger partial charge in [0.2, 0.25) is 11.8 Å². The molecule has 0 amide bonds. The van der Waals surface area contributed by atoms with Crippen molar-refractivity contribution in [2.24, 2.45) is 0 Å². The molecule has 0 saturated carbocycles. The number of benzene rings is 1. The molecule has 0 aliphatic carbocycles. The van der Waals surface area contributed by atoms with Crippen LogP contribution in [0.2, 0.25) is 0 Å². The maximum atomic E-state index is 12.5. The molecule has 36 heavy (non-hydrogen) atoms. The number of nitrogens with zero attached hydrogens (tertiary/aromatic N) is 7. The fraction of sp³-hybridized carbons (Fsp3) is 0.304. The number of furan rings is 1. The summed E-state index contributed by atoms with van der Waals surface area (Å²) in [6.07, 6.45) is -0.334. The third-order valence-electron chi connectivity index (χ3n) is 6.14. The zero-order valence-corrected chi connectivity index (χ0v) is 18.9. The average Bonchev–Trinajstić information content (AvgIpc) is 3.60. The zero-order chi connectivity index (χ0) is 24.9. The first-order valence-corrected chi connectivity index (χ1v) is 11.3. The lowest BCUT2D eigenvalue weighted by Crippen LogP contribution is -2.33. The number of halogens is 3. The second-order valence-electron chi connectivity index (χ2n) is 8.58. The summed E-state index contributed by atoms with van der Waals surface area (Å²) in [7, 11) is 0. The number of hydrogen-bond donors (Lipinski definition) is 1. The molecule has 5 aromatic rings. The van der Waals surface area contributed by atoms with Gasteiger partial charge in [-0.15, -0.1) is 5.10 Å². The standard InChI is InChI=1S/C23H21F3N8O2/c24-23(25,26)13-36-16-4-3-14-5-6-32(12-15(14)10-16)7-8-33-20-17(11-28-33)21-29-19(18-2-1-9-35-18)31-34(21)22(27)30-20/h1-4,9-11H,5-8,12-13H2,(H2,27,30). The molecule has 0 radical (unpaired) electrons. The van der Waals surface area contributed by atoms with E-state index in [9.17, 15) is 13.2 Å².